The maximum absolute atomic E-state index is 12.3. The Kier molecular flexibility index (Phi) is 4.30. The first-order valence-corrected chi connectivity index (χ1v) is 6.78. The Labute approximate surface area is 121 Å². The molecule has 1 aromatic rings. The molecule has 2 rings (SSSR count). The molecule has 1 amide bonds. The molecule has 0 aliphatic heterocycles. The Balaban J connectivity index is 2.12. The number of nitrogens with one attached hydrogen (secondary N) is 1. The summed E-state index contributed by atoms with van der Waals surface area (Å²) in [6, 6.07) is 5.95. The number of hydrogen-bond acceptors (Lipinski definition) is 3. The number of hydrogen-bond donors (Lipinski definition) is 3. The van der Waals surface area contributed by atoms with Gasteiger partial charge in [0, 0.05) is 18.1 Å². The molecule has 0 heterocycles. The second-order valence-electron chi connectivity index (χ2n) is 4.97. The summed E-state index contributed by atoms with van der Waals surface area (Å²) >= 11 is 5.82. The number of aliphatic hydroxyl groups excluding tert-OH is 1. The lowest BCUT2D eigenvalue weighted by Gasteiger charge is -2.19. The highest BCUT2D eigenvalue weighted by atomic mass is 35.5. The molecule has 1 aliphatic carbocycles. The normalized spacial score (nSPS) is 17.3. The summed E-state index contributed by atoms with van der Waals surface area (Å²) in [5.41, 5.74) is 0.195. The van der Waals surface area contributed by atoms with Gasteiger partial charge in [-0.1, -0.05) is 23.7 Å². The minimum Gasteiger partial charge on any atom is -0.480 e. The van der Waals surface area contributed by atoms with Crippen LogP contribution in [-0.2, 0) is 15.0 Å². The average Bonchev–Trinajstić information content (AvgIpc) is 3.20. The van der Waals surface area contributed by atoms with Gasteiger partial charge in [-0.05, 0) is 30.5 Å². The number of aliphatic hydroxyl groups is 1. The number of carboxylic acids is 1. The number of halogens is 1. The fourth-order valence-electron chi connectivity index (χ4n) is 2.22. The highest BCUT2D eigenvalue weighted by molar-refractivity contribution is 6.30. The van der Waals surface area contributed by atoms with Crippen molar-refractivity contribution in [3.8, 4) is 0 Å². The maximum Gasteiger partial charge on any atom is 0.326 e. The van der Waals surface area contributed by atoms with Gasteiger partial charge in [0.25, 0.3) is 0 Å². The minimum atomic E-state index is -1.14. The molecule has 0 bridgehead atoms. The molecule has 1 atom stereocenters. The van der Waals surface area contributed by atoms with Crippen LogP contribution in [-0.4, -0.2) is 34.7 Å². The van der Waals surface area contributed by atoms with Crippen LogP contribution in [0, 0.1) is 0 Å². The number of carbonyl (C=O) groups is 2. The fraction of sp³-hybridized carbons (Fsp3) is 0.429. The topological polar surface area (TPSA) is 86.6 Å². The third kappa shape index (κ3) is 2.94. The van der Waals surface area contributed by atoms with Crippen molar-refractivity contribution in [3.63, 3.8) is 0 Å². The predicted molar refractivity (Wildman–Crippen MR) is 73.6 cm³/mol. The molecule has 1 aromatic carbocycles. The van der Waals surface area contributed by atoms with Crippen molar-refractivity contribution in [2.75, 3.05) is 6.61 Å². The SMILES string of the molecule is O=C(O)C(CCO)NC(=O)C1(c2ccc(Cl)cc2)CC1. The van der Waals surface area contributed by atoms with Gasteiger partial charge in [0.1, 0.15) is 6.04 Å². The van der Waals surface area contributed by atoms with Gasteiger partial charge in [0.05, 0.1) is 5.41 Å². The summed E-state index contributed by atoms with van der Waals surface area (Å²) in [7, 11) is 0. The van der Waals surface area contributed by atoms with Crippen molar-refractivity contribution in [1.82, 2.24) is 5.32 Å². The van der Waals surface area contributed by atoms with E-state index in [0.717, 1.165) is 5.56 Å². The number of carboxylic acid groups (broad SMARTS) is 1. The summed E-state index contributed by atoms with van der Waals surface area (Å²) in [5, 5.41) is 20.9. The maximum atomic E-state index is 12.3. The van der Waals surface area contributed by atoms with Gasteiger partial charge in [-0.2, -0.15) is 0 Å². The van der Waals surface area contributed by atoms with E-state index in [1.807, 2.05) is 0 Å². The van der Waals surface area contributed by atoms with E-state index < -0.39 is 17.4 Å². The summed E-state index contributed by atoms with van der Waals surface area (Å²) in [5.74, 6) is -1.44. The predicted octanol–water partition coefficient (Wildman–Crippen LogP) is 1.32. The molecule has 0 saturated heterocycles. The summed E-state index contributed by atoms with van der Waals surface area (Å²) in [6.45, 7) is -0.287. The largest absolute Gasteiger partial charge is 0.480 e. The third-order valence-electron chi connectivity index (χ3n) is 3.60. The van der Waals surface area contributed by atoms with Gasteiger partial charge in [0.2, 0.25) is 5.91 Å². The third-order valence-corrected chi connectivity index (χ3v) is 3.85. The number of aliphatic carboxylic acids is 1. The van der Waals surface area contributed by atoms with Crippen LogP contribution in [0.4, 0.5) is 0 Å². The van der Waals surface area contributed by atoms with Gasteiger partial charge >= 0.3 is 5.97 Å². The van der Waals surface area contributed by atoms with Crippen LogP contribution in [0.25, 0.3) is 0 Å². The average molecular weight is 298 g/mol. The molecular weight excluding hydrogens is 282 g/mol. The summed E-state index contributed by atoms with van der Waals surface area (Å²) in [6.07, 6.45) is 1.37. The number of benzene rings is 1. The molecule has 5 nitrogen and oxygen atoms in total. The first-order valence-electron chi connectivity index (χ1n) is 6.40. The lowest BCUT2D eigenvalue weighted by molar-refractivity contribution is -0.142. The molecule has 1 aliphatic rings. The Morgan fingerprint density at radius 3 is 2.35 bits per heavy atom. The van der Waals surface area contributed by atoms with Crippen LogP contribution in [0.1, 0.15) is 24.8 Å². The van der Waals surface area contributed by atoms with Crippen LogP contribution >= 0.6 is 11.6 Å². The van der Waals surface area contributed by atoms with Gasteiger partial charge in [-0.3, -0.25) is 4.79 Å². The molecule has 1 fully saturated rings. The van der Waals surface area contributed by atoms with Crippen molar-refractivity contribution in [1.29, 1.82) is 0 Å². The van der Waals surface area contributed by atoms with Gasteiger partial charge in [0.15, 0.2) is 0 Å². The van der Waals surface area contributed by atoms with Crippen LogP contribution in [0.3, 0.4) is 0 Å². The highest BCUT2D eigenvalue weighted by Crippen LogP contribution is 2.48. The minimum absolute atomic E-state index is 0.00221. The molecule has 0 aromatic heterocycles. The summed E-state index contributed by atoms with van der Waals surface area (Å²) in [4.78, 5) is 23.3. The van der Waals surface area contributed by atoms with E-state index in [1.54, 1.807) is 24.3 Å². The molecule has 0 radical (unpaired) electrons. The Morgan fingerprint density at radius 2 is 1.90 bits per heavy atom. The Bertz CT molecular complexity index is 510. The van der Waals surface area contributed by atoms with Crippen LogP contribution in [0.15, 0.2) is 24.3 Å². The molecule has 1 unspecified atom stereocenters. The van der Waals surface area contributed by atoms with E-state index in [4.69, 9.17) is 21.8 Å². The van der Waals surface area contributed by atoms with Crippen molar-refractivity contribution >= 4 is 23.5 Å². The van der Waals surface area contributed by atoms with Gasteiger partial charge in [-0.15, -0.1) is 0 Å². The molecule has 1 saturated carbocycles. The van der Waals surface area contributed by atoms with E-state index in [9.17, 15) is 9.59 Å². The lowest BCUT2D eigenvalue weighted by Crippen LogP contribution is -2.46. The highest BCUT2D eigenvalue weighted by Gasteiger charge is 2.51. The number of rotatable bonds is 6. The second kappa shape index (κ2) is 5.81. The fourth-order valence-corrected chi connectivity index (χ4v) is 2.35. The quantitative estimate of drug-likeness (QED) is 0.739. The molecule has 3 N–H and O–H groups in total. The smallest absolute Gasteiger partial charge is 0.326 e. The van der Waals surface area contributed by atoms with Crippen LogP contribution < -0.4 is 5.32 Å². The van der Waals surface area contributed by atoms with E-state index in [0.29, 0.717) is 17.9 Å². The van der Waals surface area contributed by atoms with Gasteiger partial charge in [-0.25, -0.2) is 4.79 Å². The van der Waals surface area contributed by atoms with Crippen LogP contribution in [0.2, 0.25) is 5.02 Å². The van der Waals surface area contributed by atoms with Crippen molar-refractivity contribution in [2.24, 2.45) is 0 Å². The first kappa shape index (κ1) is 14.8. The molecule has 20 heavy (non-hydrogen) atoms. The van der Waals surface area contributed by atoms with E-state index in [1.165, 1.54) is 0 Å². The summed E-state index contributed by atoms with van der Waals surface area (Å²) < 4.78 is 0. The molecular formula is C14H16ClNO4. The van der Waals surface area contributed by atoms with Crippen molar-refractivity contribution in [3.05, 3.63) is 34.9 Å². The zero-order valence-electron chi connectivity index (χ0n) is 10.8. The zero-order valence-corrected chi connectivity index (χ0v) is 11.6. The van der Waals surface area contributed by atoms with E-state index >= 15 is 0 Å². The number of amides is 1. The Hall–Kier alpha value is -1.59. The second-order valence-corrected chi connectivity index (χ2v) is 5.40. The Morgan fingerprint density at radius 1 is 1.30 bits per heavy atom. The lowest BCUT2D eigenvalue weighted by atomic mass is 9.94. The van der Waals surface area contributed by atoms with E-state index in [2.05, 4.69) is 5.32 Å². The zero-order chi connectivity index (χ0) is 14.8. The van der Waals surface area contributed by atoms with E-state index in [-0.39, 0.29) is 18.9 Å². The van der Waals surface area contributed by atoms with Crippen molar-refractivity contribution in [2.45, 2.75) is 30.7 Å². The van der Waals surface area contributed by atoms with Crippen molar-refractivity contribution < 1.29 is 19.8 Å². The van der Waals surface area contributed by atoms with Gasteiger partial charge < -0.3 is 15.5 Å². The van der Waals surface area contributed by atoms with Crippen LogP contribution in [0.5, 0.6) is 0 Å². The molecule has 0 spiro atoms. The number of carbonyl (C=O) groups excluding carboxylic acids is 1. The standard InChI is InChI=1S/C14H16ClNO4/c15-10-3-1-9(2-4-10)14(6-7-14)13(20)16-11(5-8-17)12(18)19/h1-4,11,17H,5-8H2,(H,16,20)(H,18,19). The monoisotopic (exact) mass is 297 g/mol. The first-order chi connectivity index (χ1) is 9.49. The molecule has 108 valence electrons. The molecule has 6 heteroatoms.